The lowest BCUT2D eigenvalue weighted by molar-refractivity contribution is -0.138. The Kier molecular flexibility index (Phi) is 9.86. The molecule has 0 unspecified atom stereocenters. The van der Waals surface area contributed by atoms with E-state index in [4.69, 9.17) is 9.72 Å². The number of aromatic nitrogens is 4. The normalized spacial score (nSPS) is 13.5. The molecule has 1 aliphatic heterocycles. The number of anilines is 2. The molecule has 1 aromatic carbocycles. The lowest BCUT2D eigenvalue weighted by Crippen LogP contribution is -2.37. The van der Waals surface area contributed by atoms with Gasteiger partial charge in [-0.15, -0.1) is 0 Å². The van der Waals surface area contributed by atoms with E-state index in [1.165, 1.54) is 5.56 Å². The number of nitrogens with zero attached hydrogens (tertiary/aromatic N) is 5. The van der Waals surface area contributed by atoms with Gasteiger partial charge in [0.05, 0.1) is 11.2 Å². The summed E-state index contributed by atoms with van der Waals surface area (Å²) in [4.78, 5) is 23.7. The molecule has 1 aliphatic rings. The number of rotatable bonds is 15. The van der Waals surface area contributed by atoms with Crippen LogP contribution in [-0.4, -0.2) is 74.6 Å². The lowest BCUT2D eigenvalue weighted by atomic mass is 10.1. The number of nitrogens with one attached hydrogen (secondary N) is 2. The van der Waals surface area contributed by atoms with Crippen molar-refractivity contribution in [2.45, 2.75) is 51.5 Å². The van der Waals surface area contributed by atoms with E-state index in [1.54, 1.807) is 10.9 Å². The number of para-hydroxylation sites is 1. The molecule has 5 rings (SSSR count). The van der Waals surface area contributed by atoms with Gasteiger partial charge in [0.1, 0.15) is 24.2 Å². The van der Waals surface area contributed by atoms with Crippen molar-refractivity contribution in [1.29, 1.82) is 0 Å². The van der Waals surface area contributed by atoms with E-state index in [1.807, 2.05) is 50.4 Å². The Labute approximate surface area is 247 Å². The van der Waals surface area contributed by atoms with Crippen LogP contribution in [0.2, 0.25) is 0 Å². The Bertz CT molecular complexity index is 1490. The number of carboxylic acid groups (broad SMARTS) is 1. The zero-order valence-corrected chi connectivity index (χ0v) is 24.6. The van der Waals surface area contributed by atoms with Crippen LogP contribution in [0.1, 0.15) is 42.6 Å². The Morgan fingerprint density at radius 2 is 2.02 bits per heavy atom. The fourth-order valence-corrected chi connectivity index (χ4v) is 5.45. The third-order valence-electron chi connectivity index (χ3n) is 7.83. The van der Waals surface area contributed by atoms with E-state index in [9.17, 15) is 9.90 Å². The van der Waals surface area contributed by atoms with E-state index >= 15 is 0 Å². The number of carboxylic acids is 1. The largest absolute Gasteiger partial charge is 0.490 e. The molecule has 10 heteroatoms. The van der Waals surface area contributed by atoms with Gasteiger partial charge < -0.3 is 20.5 Å². The minimum absolute atomic E-state index is 0.435. The number of carbonyl (C=O) groups is 1. The van der Waals surface area contributed by atoms with Crippen LogP contribution >= 0.6 is 0 Å². The van der Waals surface area contributed by atoms with Crippen molar-refractivity contribution in [1.82, 2.24) is 24.6 Å². The highest BCUT2D eigenvalue weighted by molar-refractivity contribution is 5.91. The zero-order chi connectivity index (χ0) is 29.3. The van der Waals surface area contributed by atoms with Gasteiger partial charge in [-0.3, -0.25) is 14.6 Å². The molecule has 222 valence electrons. The van der Waals surface area contributed by atoms with Crippen LogP contribution < -0.4 is 15.4 Å². The summed E-state index contributed by atoms with van der Waals surface area (Å²) in [7, 11) is 1.87. The summed E-state index contributed by atoms with van der Waals surface area (Å²) in [6.45, 7) is 5.57. The molecule has 0 aliphatic carbocycles. The highest BCUT2D eigenvalue weighted by Gasteiger charge is 2.21. The first kappa shape index (κ1) is 29.3. The highest BCUT2D eigenvalue weighted by atomic mass is 16.5. The standard InChI is InChI=1S/C32H41N7O3/c1-23-29(13-8-17-33-23)42-22-21-39(19-6-5-10-25-15-14-24-9-7-18-34-30(24)35-25)20-16-27(32(40)41)36-31-26-11-3-4-12-28(26)38(2)37-31/h3-4,8,11-15,17,27H,5-7,9-10,16,18-22H2,1-2H3,(H,34,35)(H,36,37)(H,40,41)/t27-/m0/s1. The first-order valence-corrected chi connectivity index (χ1v) is 14.9. The second kappa shape index (κ2) is 14.1. The summed E-state index contributed by atoms with van der Waals surface area (Å²) in [5.74, 6) is 1.52. The molecule has 0 saturated heterocycles. The van der Waals surface area contributed by atoms with Crippen molar-refractivity contribution in [3.8, 4) is 5.75 Å². The number of pyridine rings is 2. The third kappa shape index (κ3) is 7.55. The zero-order valence-electron chi connectivity index (χ0n) is 24.6. The number of hydrogen-bond acceptors (Lipinski definition) is 8. The van der Waals surface area contributed by atoms with Crippen LogP contribution in [0.3, 0.4) is 0 Å². The molecule has 42 heavy (non-hydrogen) atoms. The van der Waals surface area contributed by atoms with Gasteiger partial charge in [-0.05, 0) is 87.9 Å². The van der Waals surface area contributed by atoms with Gasteiger partial charge >= 0.3 is 5.97 Å². The van der Waals surface area contributed by atoms with Crippen LogP contribution in [0.5, 0.6) is 5.75 Å². The highest BCUT2D eigenvalue weighted by Crippen LogP contribution is 2.23. The lowest BCUT2D eigenvalue weighted by Gasteiger charge is -2.24. The first-order chi connectivity index (χ1) is 20.5. The molecule has 0 bridgehead atoms. The third-order valence-corrected chi connectivity index (χ3v) is 7.83. The van der Waals surface area contributed by atoms with Crippen molar-refractivity contribution in [3.63, 3.8) is 0 Å². The van der Waals surface area contributed by atoms with Crippen LogP contribution in [0, 0.1) is 6.92 Å². The Morgan fingerprint density at radius 1 is 1.14 bits per heavy atom. The maximum Gasteiger partial charge on any atom is 0.326 e. The maximum atomic E-state index is 12.3. The van der Waals surface area contributed by atoms with Gasteiger partial charge in [0, 0.05) is 44.0 Å². The van der Waals surface area contributed by atoms with Crippen molar-refractivity contribution < 1.29 is 14.6 Å². The van der Waals surface area contributed by atoms with E-state index in [2.05, 4.69) is 37.7 Å². The summed E-state index contributed by atoms with van der Waals surface area (Å²) in [6, 6.07) is 15.2. The minimum atomic E-state index is -0.890. The fraction of sp³-hybridized carbons (Fsp3) is 0.438. The number of unbranched alkanes of at least 4 members (excludes halogenated alkanes) is 1. The van der Waals surface area contributed by atoms with Crippen molar-refractivity contribution in [2.24, 2.45) is 7.05 Å². The van der Waals surface area contributed by atoms with Gasteiger partial charge in [-0.1, -0.05) is 18.2 Å². The number of benzene rings is 1. The van der Waals surface area contributed by atoms with Gasteiger partial charge in [-0.2, -0.15) is 5.10 Å². The van der Waals surface area contributed by atoms with Crippen LogP contribution in [0.15, 0.2) is 54.7 Å². The predicted octanol–water partition coefficient (Wildman–Crippen LogP) is 4.69. The monoisotopic (exact) mass is 571 g/mol. The van der Waals surface area contributed by atoms with Crippen LogP contribution in [0.4, 0.5) is 11.6 Å². The number of fused-ring (bicyclic) bond motifs is 2. The van der Waals surface area contributed by atoms with E-state index in [0.29, 0.717) is 31.9 Å². The van der Waals surface area contributed by atoms with Crippen molar-refractivity contribution in [3.05, 3.63) is 71.7 Å². The van der Waals surface area contributed by atoms with Gasteiger partial charge in [0.15, 0.2) is 5.82 Å². The topological polar surface area (TPSA) is 117 Å². The molecule has 4 heterocycles. The Balaban J connectivity index is 1.18. The molecule has 0 fully saturated rings. The van der Waals surface area contributed by atoms with E-state index < -0.39 is 12.0 Å². The van der Waals surface area contributed by atoms with Crippen LogP contribution in [0.25, 0.3) is 10.9 Å². The maximum absolute atomic E-state index is 12.3. The quantitative estimate of drug-likeness (QED) is 0.175. The van der Waals surface area contributed by atoms with Crippen LogP contribution in [-0.2, 0) is 24.7 Å². The Morgan fingerprint density at radius 3 is 2.88 bits per heavy atom. The summed E-state index contributed by atoms with van der Waals surface area (Å²) in [6.07, 6.45) is 7.34. The average Bonchev–Trinajstić information content (AvgIpc) is 3.32. The summed E-state index contributed by atoms with van der Waals surface area (Å²) in [5.41, 5.74) is 4.23. The Hall–Kier alpha value is -4.18. The number of ether oxygens (including phenoxy) is 1. The molecule has 0 saturated carbocycles. The minimum Gasteiger partial charge on any atom is -0.490 e. The summed E-state index contributed by atoms with van der Waals surface area (Å²) < 4.78 is 7.80. The number of hydrogen-bond donors (Lipinski definition) is 3. The van der Waals surface area contributed by atoms with Gasteiger partial charge in [0.25, 0.3) is 0 Å². The summed E-state index contributed by atoms with van der Waals surface area (Å²) in [5, 5.41) is 22.1. The van der Waals surface area contributed by atoms with E-state index in [0.717, 1.165) is 79.1 Å². The molecular formula is C32H41N7O3. The number of aliphatic carboxylic acids is 1. The smallest absolute Gasteiger partial charge is 0.326 e. The number of aryl methyl sites for hydroxylation is 4. The fourth-order valence-electron chi connectivity index (χ4n) is 5.45. The van der Waals surface area contributed by atoms with Gasteiger partial charge in [-0.25, -0.2) is 9.78 Å². The SMILES string of the molecule is Cc1ncccc1OCCN(CCCCc1ccc2c(n1)NCCC2)CC[C@H](Nc1nn(C)c2ccccc12)C(=O)O. The van der Waals surface area contributed by atoms with Gasteiger partial charge in [0.2, 0.25) is 0 Å². The first-order valence-electron chi connectivity index (χ1n) is 14.9. The second-order valence-electron chi connectivity index (χ2n) is 10.9. The summed E-state index contributed by atoms with van der Waals surface area (Å²) >= 11 is 0. The molecule has 4 aromatic rings. The molecule has 0 amide bonds. The molecule has 0 radical (unpaired) electrons. The van der Waals surface area contributed by atoms with E-state index in [-0.39, 0.29) is 0 Å². The average molecular weight is 572 g/mol. The molecular weight excluding hydrogens is 530 g/mol. The van der Waals surface area contributed by atoms with Crippen molar-refractivity contribution in [2.75, 3.05) is 43.4 Å². The molecule has 3 aromatic heterocycles. The molecule has 0 spiro atoms. The van der Waals surface area contributed by atoms with Crippen molar-refractivity contribution >= 4 is 28.5 Å². The predicted molar refractivity (Wildman–Crippen MR) is 165 cm³/mol. The molecule has 1 atom stereocenters. The molecule has 10 nitrogen and oxygen atoms in total. The molecule has 3 N–H and O–H groups in total. The second-order valence-corrected chi connectivity index (χ2v) is 10.9.